The van der Waals surface area contributed by atoms with Gasteiger partial charge in [-0.1, -0.05) is 23.7 Å². The monoisotopic (exact) mass is 342 g/mol. The van der Waals surface area contributed by atoms with Crippen molar-refractivity contribution in [1.29, 1.82) is 5.26 Å². The number of hydrogen-bond acceptors (Lipinski definition) is 4. The summed E-state index contributed by atoms with van der Waals surface area (Å²) in [6.45, 7) is 2.25. The molecule has 1 N–H and O–H groups in total. The third-order valence-corrected chi connectivity index (χ3v) is 3.48. The summed E-state index contributed by atoms with van der Waals surface area (Å²) in [5, 5.41) is 12.3. The SMILES string of the molecule is CCOc1ccccc1NC(=O)C(C#N)C(=O)c1ccc(Cl)cc1. The Hall–Kier alpha value is -2.84. The molecule has 0 aromatic heterocycles. The number of ketones is 1. The van der Waals surface area contributed by atoms with E-state index < -0.39 is 17.6 Å². The second kappa shape index (κ2) is 8.14. The minimum Gasteiger partial charge on any atom is -0.492 e. The van der Waals surface area contributed by atoms with Crippen LogP contribution in [-0.4, -0.2) is 18.3 Å². The number of Topliss-reactive ketones (excluding diaryl/α,β-unsaturated/α-hetero) is 1. The van der Waals surface area contributed by atoms with E-state index in [1.165, 1.54) is 24.3 Å². The molecular formula is C18H15ClN2O3. The first-order valence-electron chi connectivity index (χ1n) is 7.29. The van der Waals surface area contributed by atoms with Gasteiger partial charge in [0.25, 0.3) is 0 Å². The lowest BCUT2D eigenvalue weighted by Crippen LogP contribution is -2.28. The normalized spacial score (nSPS) is 11.2. The van der Waals surface area contributed by atoms with Crippen molar-refractivity contribution in [2.45, 2.75) is 6.92 Å². The molecule has 0 bridgehead atoms. The van der Waals surface area contributed by atoms with Gasteiger partial charge in [0.1, 0.15) is 5.75 Å². The number of rotatable bonds is 6. The van der Waals surface area contributed by atoms with Crippen LogP contribution in [0.1, 0.15) is 17.3 Å². The summed E-state index contributed by atoms with van der Waals surface area (Å²) in [4.78, 5) is 24.7. The summed E-state index contributed by atoms with van der Waals surface area (Å²) in [5.74, 6) is -2.27. The first-order chi connectivity index (χ1) is 11.6. The van der Waals surface area contributed by atoms with Crippen molar-refractivity contribution < 1.29 is 14.3 Å². The van der Waals surface area contributed by atoms with Gasteiger partial charge in [0.05, 0.1) is 18.4 Å². The van der Waals surface area contributed by atoms with E-state index in [0.717, 1.165) is 0 Å². The molecule has 5 nitrogen and oxygen atoms in total. The molecule has 122 valence electrons. The maximum absolute atomic E-state index is 12.4. The van der Waals surface area contributed by atoms with Crippen LogP contribution in [0.3, 0.4) is 0 Å². The Balaban J connectivity index is 2.19. The van der Waals surface area contributed by atoms with Gasteiger partial charge in [0.15, 0.2) is 11.7 Å². The fraction of sp³-hybridized carbons (Fsp3) is 0.167. The van der Waals surface area contributed by atoms with E-state index >= 15 is 0 Å². The van der Waals surface area contributed by atoms with Crippen molar-refractivity contribution >= 4 is 29.0 Å². The van der Waals surface area contributed by atoms with Gasteiger partial charge in [-0.15, -0.1) is 0 Å². The predicted molar refractivity (Wildman–Crippen MR) is 91.1 cm³/mol. The number of nitrogens with zero attached hydrogens (tertiary/aromatic N) is 1. The average molecular weight is 343 g/mol. The van der Waals surface area contributed by atoms with Crippen LogP contribution in [0.2, 0.25) is 5.02 Å². The van der Waals surface area contributed by atoms with Gasteiger partial charge in [0.2, 0.25) is 5.91 Å². The van der Waals surface area contributed by atoms with Gasteiger partial charge < -0.3 is 10.1 Å². The smallest absolute Gasteiger partial charge is 0.249 e. The predicted octanol–water partition coefficient (Wildman–Crippen LogP) is 3.70. The largest absolute Gasteiger partial charge is 0.492 e. The van der Waals surface area contributed by atoms with Gasteiger partial charge in [-0.05, 0) is 43.3 Å². The maximum atomic E-state index is 12.4. The minimum absolute atomic E-state index is 0.249. The summed E-state index contributed by atoms with van der Waals surface area (Å²) >= 11 is 5.78. The molecule has 0 spiro atoms. The Labute approximate surface area is 144 Å². The Bertz CT molecular complexity index is 782. The highest BCUT2D eigenvalue weighted by atomic mass is 35.5. The van der Waals surface area contributed by atoms with Crippen LogP contribution in [0.25, 0.3) is 0 Å². The maximum Gasteiger partial charge on any atom is 0.249 e. The highest BCUT2D eigenvalue weighted by molar-refractivity contribution is 6.30. The number of nitriles is 1. The fourth-order valence-electron chi connectivity index (χ4n) is 2.07. The molecule has 0 aliphatic heterocycles. The number of carbonyl (C=O) groups excluding carboxylic acids is 2. The molecule has 0 aliphatic rings. The van der Waals surface area contributed by atoms with Crippen molar-refractivity contribution in [1.82, 2.24) is 0 Å². The number of hydrogen-bond donors (Lipinski definition) is 1. The molecule has 1 atom stereocenters. The average Bonchev–Trinajstić information content (AvgIpc) is 2.58. The summed E-state index contributed by atoms with van der Waals surface area (Å²) in [7, 11) is 0. The molecule has 0 heterocycles. The molecule has 2 rings (SSSR count). The van der Waals surface area contributed by atoms with Crippen LogP contribution < -0.4 is 10.1 Å². The molecule has 1 amide bonds. The van der Waals surface area contributed by atoms with Crippen molar-refractivity contribution in [2.24, 2.45) is 5.92 Å². The Morgan fingerprint density at radius 3 is 2.50 bits per heavy atom. The lowest BCUT2D eigenvalue weighted by Gasteiger charge is -2.13. The van der Waals surface area contributed by atoms with Gasteiger partial charge in [-0.25, -0.2) is 0 Å². The molecular weight excluding hydrogens is 328 g/mol. The Kier molecular flexibility index (Phi) is 5.94. The van der Waals surface area contributed by atoms with E-state index in [0.29, 0.717) is 23.1 Å². The number of anilines is 1. The summed E-state index contributed by atoms with van der Waals surface area (Å²) in [5.41, 5.74) is 0.660. The molecule has 0 fully saturated rings. The highest BCUT2D eigenvalue weighted by Crippen LogP contribution is 2.24. The summed E-state index contributed by atoms with van der Waals surface area (Å²) < 4.78 is 5.41. The number of nitrogens with one attached hydrogen (secondary N) is 1. The van der Waals surface area contributed by atoms with Crippen LogP contribution in [0.5, 0.6) is 5.75 Å². The molecule has 24 heavy (non-hydrogen) atoms. The van der Waals surface area contributed by atoms with Crippen molar-refractivity contribution in [3.63, 3.8) is 0 Å². The van der Waals surface area contributed by atoms with Gasteiger partial charge in [-0.2, -0.15) is 5.26 Å². The van der Waals surface area contributed by atoms with Crippen molar-refractivity contribution in [2.75, 3.05) is 11.9 Å². The molecule has 6 heteroatoms. The lowest BCUT2D eigenvalue weighted by molar-refractivity contribution is -0.117. The van der Waals surface area contributed by atoms with Crippen LogP contribution >= 0.6 is 11.6 Å². The van der Waals surface area contributed by atoms with E-state index in [1.54, 1.807) is 30.3 Å². The first kappa shape index (κ1) is 17.5. The Morgan fingerprint density at radius 2 is 1.88 bits per heavy atom. The molecule has 0 radical (unpaired) electrons. The molecule has 2 aromatic rings. The topological polar surface area (TPSA) is 79.2 Å². The lowest BCUT2D eigenvalue weighted by atomic mass is 9.98. The highest BCUT2D eigenvalue weighted by Gasteiger charge is 2.28. The second-order valence-electron chi connectivity index (χ2n) is 4.85. The number of carbonyl (C=O) groups is 2. The third-order valence-electron chi connectivity index (χ3n) is 3.23. The number of halogens is 1. The summed E-state index contributed by atoms with van der Waals surface area (Å²) in [6.07, 6.45) is 0. The van der Waals surface area contributed by atoms with Gasteiger partial charge in [-0.3, -0.25) is 9.59 Å². The second-order valence-corrected chi connectivity index (χ2v) is 5.29. The van der Waals surface area contributed by atoms with E-state index in [1.807, 2.05) is 6.92 Å². The minimum atomic E-state index is -1.46. The van der Waals surface area contributed by atoms with Gasteiger partial charge >= 0.3 is 0 Å². The van der Waals surface area contributed by atoms with Gasteiger partial charge in [0, 0.05) is 10.6 Å². The van der Waals surface area contributed by atoms with E-state index in [2.05, 4.69) is 5.32 Å². The zero-order chi connectivity index (χ0) is 17.5. The quantitative estimate of drug-likeness (QED) is 0.641. The van der Waals surface area contributed by atoms with Crippen molar-refractivity contribution in [3.8, 4) is 11.8 Å². The number of amides is 1. The zero-order valence-electron chi connectivity index (χ0n) is 13.0. The molecule has 2 aromatic carbocycles. The number of ether oxygens (including phenoxy) is 1. The Morgan fingerprint density at radius 1 is 1.21 bits per heavy atom. The van der Waals surface area contributed by atoms with Crippen LogP contribution in [0.15, 0.2) is 48.5 Å². The molecule has 0 saturated heterocycles. The van der Waals surface area contributed by atoms with Crippen LogP contribution in [-0.2, 0) is 4.79 Å². The standard InChI is InChI=1S/C18H15ClN2O3/c1-2-24-16-6-4-3-5-15(16)21-18(23)14(11-20)17(22)12-7-9-13(19)10-8-12/h3-10,14H,2H2,1H3,(H,21,23). The number of para-hydroxylation sites is 2. The van der Waals surface area contributed by atoms with Crippen molar-refractivity contribution in [3.05, 3.63) is 59.1 Å². The molecule has 1 unspecified atom stereocenters. The van der Waals surface area contributed by atoms with E-state index in [9.17, 15) is 14.9 Å². The first-order valence-corrected chi connectivity index (χ1v) is 7.66. The van der Waals surface area contributed by atoms with E-state index in [-0.39, 0.29) is 5.56 Å². The molecule has 0 aliphatic carbocycles. The number of benzene rings is 2. The van der Waals surface area contributed by atoms with E-state index in [4.69, 9.17) is 16.3 Å². The zero-order valence-corrected chi connectivity index (χ0v) is 13.7. The molecule has 0 saturated carbocycles. The fourth-order valence-corrected chi connectivity index (χ4v) is 2.20. The summed E-state index contributed by atoms with van der Waals surface area (Å²) in [6, 6.07) is 14.6. The third kappa shape index (κ3) is 4.12. The van der Waals surface area contributed by atoms with Crippen LogP contribution in [0, 0.1) is 17.2 Å². The van der Waals surface area contributed by atoms with Crippen LogP contribution in [0.4, 0.5) is 5.69 Å².